The Hall–Kier alpha value is -3.07. The molecule has 1 atom stereocenters. The van der Waals surface area contributed by atoms with Crippen molar-refractivity contribution in [1.82, 2.24) is 4.90 Å². The van der Waals surface area contributed by atoms with E-state index < -0.39 is 28.5 Å². The number of nitro groups is 1. The van der Waals surface area contributed by atoms with E-state index in [9.17, 15) is 23.7 Å². The van der Waals surface area contributed by atoms with E-state index >= 15 is 0 Å². The molecule has 0 aromatic heterocycles. The van der Waals surface area contributed by atoms with Crippen LogP contribution in [0.15, 0.2) is 36.4 Å². The molecule has 1 unspecified atom stereocenters. The summed E-state index contributed by atoms with van der Waals surface area (Å²) in [4.78, 5) is 24.1. The topological polar surface area (TPSA) is 84.7 Å². The van der Waals surface area contributed by atoms with Crippen molar-refractivity contribution in [2.45, 2.75) is 13.0 Å². The van der Waals surface area contributed by atoms with Crippen LogP contribution in [0.1, 0.15) is 18.5 Å². The second-order valence-corrected chi connectivity index (χ2v) is 5.95. The highest BCUT2D eigenvalue weighted by atomic mass is 19.1. The van der Waals surface area contributed by atoms with Crippen molar-refractivity contribution in [3.63, 3.8) is 0 Å². The number of benzene rings is 2. The van der Waals surface area contributed by atoms with Gasteiger partial charge in [-0.3, -0.25) is 19.8 Å². The fourth-order valence-corrected chi connectivity index (χ4v) is 2.52. The van der Waals surface area contributed by atoms with Gasteiger partial charge in [0, 0.05) is 17.7 Å². The summed E-state index contributed by atoms with van der Waals surface area (Å²) < 4.78 is 32.3. The highest BCUT2D eigenvalue weighted by Gasteiger charge is 2.20. The monoisotopic (exact) mass is 379 g/mol. The number of halogens is 2. The van der Waals surface area contributed by atoms with Crippen LogP contribution in [0.3, 0.4) is 0 Å². The second kappa shape index (κ2) is 8.54. The Kier molecular flexibility index (Phi) is 6.40. The van der Waals surface area contributed by atoms with Crippen LogP contribution in [0, 0.1) is 21.7 Å². The van der Waals surface area contributed by atoms with Crippen LogP contribution in [-0.2, 0) is 4.79 Å². The normalized spacial score (nSPS) is 11.9. The molecule has 9 heteroatoms. The summed E-state index contributed by atoms with van der Waals surface area (Å²) in [5.74, 6) is -1.42. The van der Waals surface area contributed by atoms with Gasteiger partial charge in [0.2, 0.25) is 5.91 Å². The number of anilines is 1. The van der Waals surface area contributed by atoms with Gasteiger partial charge in [-0.2, -0.15) is 0 Å². The molecular formula is C18H19F2N3O4. The van der Waals surface area contributed by atoms with Crippen molar-refractivity contribution in [3.05, 3.63) is 63.7 Å². The number of nitro benzene ring substituents is 1. The third kappa shape index (κ3) is 4.98. The number of carbonyl (C=O) groups excluding carboxylic acids is 1. The molecule has 27 heavy (non-hydrogen) atoms. The van der Waals surface area contributed by atoms with Crippen LogP contribution >= 0.6 is 0 Å². The molecule has 0 saturated heterocycles. The van der Waals surface area contributed by atoms with Gasteiger partial charge in [0.15, 0.2) is 0 Å². The smallest absolute Gasteiger partial charge is 0.273 e. The summed E-state index contributed by atoms with van der Waals surface area (Å²) in [6, 6.07) is 6.41. The van der Waals surface area contributed by atoms with E-state index in [2.05, 4.69) is 5.32 Å². The molecule has 2 aromatic rings. The third-order valence-corrected chi connectivity index (χ3v) is 4.13. The fourth-order valence-electron chi connectivity index (χ4n) is 2.52. The molecule has 144 valence electrons. The van der Waals surface area contributed by atoms with Crippen molar-refractivity contribution < 1.29 is 23.2 Å². The molecule has 7 nitrogen and oxygen atoms in total. The summed E-state index contributed by atoms with van der Waals surface area (Å²) in [6.07, 6.45) is 0. The zero-order chi connectivity index (χ0) is 20.1. The average Bonchev–Trinajstić information content (AvgIpc) is 2.63. The Morgan fingerprint density at radius 3 is 2.63 bits per heavy atom. The molecule has 1 amide bonds. The second-order valence-electron chi connectivity index (χ2n) is 5.95. The number of ether oxygens (including phenoxy) is 1. The van der Waals surface area contributed by atoms with Gasteiger partial charge in [0.25, 0.3) is 5.69 Å². The number of rotatable bonds is 7. The number of carbonyl (C=O) groups is 1. The van der Waals surface area contributed by atoms with Crippen molar-refractivity contribution in [3.8, 4) is 5.75 Å². The molecule has 0 bridgehead atoms. The van der Waals surface area contributed by atoms with Crippen molar-refractivity contribution in [2.75, 3.05) is 26.0 Å². The first kappa shape index (κ1) is 20.2. The van der Waals surface area contributed by atoms with Crippen LogP contribution in [0.4, 0.5) is 20.2 Å². The van der Waals surface area contributed by atoms with Crippen molar-refractivity contribution in [1.29, 1.82) is 0 Å². The van der Waals surface area contributed by atoms with Gasteiger partial charge >= 0.3 is 0 Å². The Morgan fingerprint density at radius 1 is 1.30 bits per heavy atom. The van der Waals surface area contributed by atoms with E-state index in [1.807, 2.05) is 0 Å². The lowest BCUT2D eigenvalue weighted by Crippen LogP contribution is -2.32. The molecule has 0 aliphatic carbocycles. The van der Waals surface area contributed by atoms with Crippen LogP contribution in [-0.4, -0.2) is 36.4 Å². The molecular weight excluding hydrogens is 360 g/mol. The van der Waals surface area contributed by atoms with Crippen molar-refractivity contribution in [2.24, 2.45) is 0 Å². The molecule has 2 aromatic carbocycles. The summed E-state index contributed by atoms with van der Waals surface area (Å²) in [5.41, 5.74) is 0.237. The Bertz CT molecular complexity index is 860. The van der Waals surface area contributed by atoms with E-state index in [0.717, 1.165) is 18.2 Å². The Labute approximate surface area is 154 Å². The highest BCUT2D eigenvalue weighted by Crippen LogP contribution is 2.29. The van der Waals surface area contributed by atoms with Gasteiger partial charge < -0.3 is 10.1 Å². The lowest BCUT2D eigenvalue weighted by atomic mass is 10.1. The van der Waals surface area contributed by atoms with E-state index in [-0.39, 0.29) is 29.2 Å². The number of nitrogens with zero attached hydrogens (tertiary/aromatic N) is 2. The number of methoxy groups -OCH3 is 1. The molecule has 0 heterocycles. The summed E-state index contributed by atoms with van der Waals surface area (Å²) >= 11 is 0. The van der Waals surface area contributed by atoms with Gasteiger partial charge in [0.1, 0.15) is 17.4 Å². The Morgan fingerprint density at radius 2 is 2.00 bits per heavy atom. The first-order valence-electron chi connectivity index (χ1n) is 8.00. The van der Waals surface area contributed by atoms with Gasteiger partial charge in [0.05, 0.1) is 30.3 Å². The average molecular weight is 379 g/mol. The van der Waals surface area contributed by atoms with Crippen LogP contribution < -0.4 is 10.1 Å². The van der Waals surface area contributed by atoms with Gasteiger partial charge in [-0.15, -0.1) is 0 Å². The standard InChI is InChI=1S/C18H19F2N3O4/c1-11(14-8-12(19)4-6-15(14)20)22(2)10-18(24)21-16-7-5-13(23(25)26)9-17(16)27-3/h4-9,11H,10H2,1-3H3,(H,21,24). The van der Waals surface area contributed by atoms with Crippen LogP contribution in [0.5, 0.6) is 5.75 Å². The SMILES string of the molecule is COc1cc([N+](=O)[O-])ccc1NC(=O)CN(C)C(C)c1cc(F)ccc1F. The molecule has 0 radical (unpaired) electrons. The van der Waals surface area contributed by atoms with Crippen molar-refractivity contribution >= 4 is 17.3 Å². The zero-order valence-electron chi connectivity index (χ0n) is 15.0. The number of hydrogen-bond donors (Lipinski definition) is 1. The fraction of sp³-hybridized carbons (Fsp3) is 0.278. The predicted octanol–water partition coefficient (Wildman–Crippen LogP) is 3.51. The number of non-ortho nitro benzene ring substituents is 1. The minimum absolute atomic E-state index is 0.114. The van der Waals surface area contributed by atoms with E-state index in [0.29, 0.717) is 0 Å². The number of hydrogen-bond acceptors (Lipinski definition) is 5. The molecule has 0 saturated carbocycles. The molecule has 0 aliphatic heterocycles. The number of amides is 1. The molecule has 1 N–H and O–H groups in total. The highest BCUT2D eigenvalue weighted by molar-refractivity contribution is 5.93. The maximum Gasteiger partial charge on any atom is 0.273 e. The molecule has 0 spiro atoms. The maximum absolute atomic E-state index is 13.9. The summed E-state index contributed by atoms with van der Waals surface area (Å²) in [5, 5.41) is 13.4. The van der Waals surface area contributed by atoms with Gasteiger partial charge in [-0.1, -0.05) is 0 Å². The zero-order valence-corrected chi connectivity index (χ0v) is 15.0. The summed E-state index contributed by atoms with van der Waals surface area (Å²) in [7, 11) is 2.93. The minimum Gasteiger partial charge on any atom is -0.494 e. The quantitative estimate of drug-likeness (QED) is 0.588. The van der Waals surface area contributed by atoms with E-state index in [1.165, 1.54) is 25.3 Å². The van der Waals surface area contributed by atoms with Gasteiger partial charge in [-0.05, 0) is 38.2 Å². The first-order valence-corrected chi connectivity index (χ1v) is 8.00. The molecule has 0 aliphatic rings. The van der Waals surface area contributed by atoms with Crippen LogP contribution in [0.25, 0.3) is 0 Å². The predicted molar refractivity (Wildman–Crippen MR) is 95.7 cm³/mol. The first-order chi connectivity index (χ1) is 12.7. The Balaban J connectivity index is 2.08. The van der Waals surface area contributed by atoms with E-state index in [4.69, 9.17) is 4.74 Å². The maximum atomic E-state index is 13.9. The largest absolute Gasteiger partial charge is 0.494 e. The molecule has 0 fully saturated rings. The van der Waals surface area contributed by atoms with Crippen LogP contribution in [0.2, 0.25) is 0 Å². The third-order valence-electron chi connectivity index (χ3n) is 4.13. The number of nitrogens with one attached hydrogen (secondary N) is 1. The lowest BCUT2D eigenvalue weighted by molar-refractivity contribution is -0.384. The minimum atomic E-state index is -0.572. The van der Waals surface area contributed by atoms with E-state index in [1.54, 1.807) is 18.9 Å². The lowest BCUT2D eigenvalue weighted by Gasteiger charge is -2.25. The summed E-state index contributed by atoms with van der Waals surface area (Å²) in [6.45, 7) is 1.54. The number of likely N-dealkylation sites (N-methyl/N-ethyl adjacent to an activating group) is 1. The molecule has 2 rings (SSSR count). The van der Waals surface area contributed by atoms with Gasteiger partial charge in [-0.25, -0.2) is 8.78 Å².